The number of carbonyl (C=O) groups excluding carboxylic acids is 1. The van der Waals surface area contributed by atoms with Crippen LogP contribution in [0.4, 0.5) is 10.5 Å². The van der Waals surface area contributed by atoms with Crippen molar-refractivity contribution in [2.75, 3.05) is 5.32 Å². The standard InChI is InChI=1S/C12H20N4O3/c1-4-8(6-11(17)18)13-12(19)14-10-7-16(3)15-9(10)5-2/h7-8H,4-6H2,1-3H3,(H,17,18)(H2,13,14,19). The Kier molecular flexibility index (Phi) is 5.35. The number of carbonyl (C=O) groups is 2. The minimum Gasteiger partial charge on any atom is -0.481 e. The lowest BCUT2D eigenvalue weighted by Gasteiger charge is -2.15. The molecule has 0 saturated heterocycles. The number of aryl methyl sites for hydroxylation is 2. The van der Waals surface area contributed by atoms with Gasteiger partial charge in [0, 0.05) is 19.3 Å². The minimum atomic E-state index is -0.928. The number of nitrogens with zero attached hydrogens (tertiary/aromatic N) is 2. The zero-order valence-corrected chi connectivity index (χ0v) is 11.4. The van der Waals surface area contributed by atoms with Crippen molar-refractivity contribution >= 4 is 17.7 Å². The molecule has 19 heavy (non-hydrogen) atoms. The lowest BCUT2D eigenvalue weighted by molar-refractivity contribution is -0.137. The number of rotatable bonds is 6. The first-order valence-corrected chi connectivity index (χ1v) is 6.28. The van der Waals surface area contributed by atoms with Crippen LogP contribution in [-0.4, -0.2) is 32.9 Å². The molecule has 1 atom stereocenters. The third-order valence-corrected chi connectivity index (χ3v) is 2.74. The predicted octanol–water partition coefficient (Wildman–Crippen LogP) is 1.36. The van der Waals surface area contributed by atoms with Crippen LogP contribution in [0.3, 0.4) is 0 Å². The third kappa shape index (κ3) is 4.61. The van der Waals surface area contributed by atoms with E-state index >= 15 is 0 Å². The fourth-order valence-corrected chi connectivity index (χ4v) is 1.75. The van der Waals surface area contributed by atoms with Gasteiger partial charge in [0.2, 0.25) is 0 Å². The number of hydrogen-bond acceptors (Lipinski definition) is 3. The summed E-state index contributed by atoms with van der Waals surface area (Å²) >= 11 is 0. The summed E-state index contributed by atoms with van der Waals surface area (Å²) in [7, 11) is 1.78. The topological polar surface area (TPSA) is 96.3 Å². The molecule has 1 aromatic heterocycles. The van der Waals surface area contributed by atoms with Crippen molar-refractivity contribution in [3.05, 3.63) is 11.9 Å². The van der Waals surface area contributed by atoms with Crippen molar-refractivity contribution in [1.82, 2.24) is 15.1 Å². The molecule has 1 rings (SSSR count). The summed E-state index contributed by atoms with van der Waals surface area (Å²) in [4.78, 5) is 22.4. The molecule has 7 heteroatoms. The highest BCUT2D eigenvalue weighted by Crippen LogP contribution is 2.13. The van der Waals surface area contributed by atoms with Crippen LogP contribution in [0.2, 0.25) is 0 Å². The molecular formula is C12H20N4O3. The summed E-state index contributed by atoms with van der Waals surface area (Å²) in [5.74, 6) is -0.928. The van der Waals surface area contributed by atoms with Gasteiger partial charge in [-0.3, -0.25) is 9.48 Å². The Hall–Kier alpha value is -2.05. The zero-order chi connectivity index (χ0) is 14.4. The second-order valence-corrected chi connectivity index (χ2v) is 4.32. The van der Waals surface area contributed by atoms with Crippen LogP contribution in [-0.2, 0) is 18.3 Å². The van der Waals surface area contributed by atoms with Crippen LogP contribution in [0.1, 0.15) is 32.4 Å². The Labute approximate surface area is 112 Å². The van der Waals surface area contributed by atoms with Gasteiger partial charge < -0.3 is 15.7 Å². The van der Waals surface area contributed by atoms with Gasteiger partial charge in [-0.25, -0.2) is 4.79 Å². The highest BCUT2D eigenvalue weighted by Gasteiger charge is 2.15. The average Bonchev–Trinajstić information content (AvgIpc) is 2.67. The van der Waals surface area contributed by atoms with Gasteiger partial charge in [-0.15, -0.1) is 0 Å². The third-order valence-electron chi connectivity index (χ3n) is 2.74. The molecule has 0 bridgehead atoms. The van der Waals surface area contributed by atoms with Crippen molar-refractivity contribution in [2.24, 2.45) is 7.05 Å². The normalized spacial score (nSPS) is 11.9. The molecule has 0 radical (unpaired) electrons. The van der Waals surface area contributed by atoms with E-state index in [1.807, 2.05) is 13.8 Å². The highest BCUT2D eigenvalue weighted by atomic mass is 16.4. The van der Waals surface area contributed by atoms with Gasteiger partial charge in [0.25, 0.3) is 0 Å². The van der Waals surface area contributed by atoms with Gasteiger partial charge in [0.15, 0.2) is 0 Å². The number of urea groups is 1. The average molecular weight is 268 g/mol. The lowest BCUT2D eigenvalue weighted by Crippen LogP contribution is -2.39. The molecule has 7 nitrogen and oxygen atoms in total. The molecule has 3 N–H and O–H groups in total. The van der Waals surface area contributed by atoms with Crippen LogP contribution in [0.5, 0.6) is 0 Å². The summed E-state index contributed by atoms with van der Waals surface area (Å²) in [6.45, 7) is 3.78. The number of aliphatic carboxylic acids is 1. The molecule has 1 aromatic rings. The van der Waals surface area contributed by atoms with Crippen molar-refractivity contribution in [1.29, 1.82) is 0 Å². The molecule has 0 aromatic carbocycles. The monoisotopic (exact) mass is 268 g/mol. The molecule has 0 saturated carbocycles. The lowest BCUT2D eigenvalue weighted by atomic mass is 10.1. The Bertz CT molecular complexity index is 456. The molecule has 0 aliphatic carbocycles. The van der Waals surface area contributed by atoms with E-state index < -0.39 is 12.0 Å². The minimum absolute atomic E-state index is 0.0857. The van der Waals surface area contributed by atoms with E-state index in [-0.39, 0.29) is 12.5 Å². The van der Waals surface area contributed by atoms with E-state index in [4.69, 9.17) is 5.11 Å². The van der Waals surface area contributed by atoms with Gasteiger partial charge in [-0.05, 0) is 12.8 Å². The molecule has 0 aliphatic heterocycles. The van der Waals surface area contributed by atoms with E-state index in [2.05, 4.69) is 15.7 Å². The van der Waals surface area contributed by atoms with Crippen LogP contribution >= 0.6 is 0 Å². The highest BCUT2D eigenvalue weighted by molar-refractivity contribution is 5.90. The second-order valence-electron chi connectivity index (χ2n) is 4.32. The van der Waals surface area contributed by atoms with E-state index in [1.54, 1.807) is 17.9 Å². The van der Waals surface area contributed by atoms with Crippen molar-refractivity contribution in [3.63, 3.8) is 0 Å². The van der Waals surface area contributed by atoms with Crippen LogP contribution in [0, 0.1) is 0 Å². The first kappa shape index (κ1) is 15.0. The van der Waals surface area contributed by atoms with Crippen LogP contribution < -0.4 is 10.6 Å². The van der Waals surface area contributed by atoms with E-state index in [1.165, 1.54) is 0 Å². The maximum Gasteiger partial charge on any atom is 0.319 e. The smallest absolute Gasteiger partial charge is 0.319 e. The number of nitrogens with one attached hydrogen (secondary N) is 2. The fraction of sp³-hybridized carbons (Fsp3) is 0.583. The number of carboxylic acids is 1. The number of carboxylic acid groups (broad SMARTS) is 1. The number of aromatic nitrogens is 2. The van der Waals surface area contributed by atoms with Gasteiger partial charge in [-0.1, -0.05) is 13.8 Å². The number of anilines is 1. The molecule has 0 aliphatic rings. The molecule has 106 valence electrons. The van der Waals surface area contributed by atoms with Gasteiger partial charge >= 0.3 is 12.0 Å². The Morgan fingerprint density at radius 1 is 1.47 bits per heavy atom. The SMILES string of the molecule is CCc1nn(C)cc1NC(=O)NC(CC)CC(=O)O. The molecule has 0 fully saturated rings. The molecule has 0 spiro atoms. The summed E-state index contributed by atoms with van der Waals surface area (Å²) in [6, 6.07) is -0.782. The number of amides is 2. The Balaban J connectivity index is 2.61. The maximum absolute atomic E-state index is 11.8. The zero-order valence-electron chi connectivity index (χ0n) is 11.4. The van der Waals surface area contributed by atoms with Gasteiger partial charge in [-0.2, -0.15) is 5.10 Å². The summed E-state index contributed by atoms with van der Waals surface area (Å²) in [5.41, 5.74) is 1.44. The number of hydrogen-bond donors (Lipinski definition) is 3. The molecular weight excluding hydrogens is 248 g/mol. The van der Waals surface area contributed by atoms with Crippen LogP contribution in [0.25, 0.3) is 0 Å². The predicted molar refractivity (Wildman–Crippen MR) is 71.1 cm³/mol. The Morgan fingerprint density at radius 3 is 2.68 bits per heavy atom. The first-order valence-electron chi connectivity index (χ1n) is 6.28. The van der Waals surface area contributed by atoms with E-state index in [9.17, 15) is 9.59 Å². The molecule has 1 heterocycles. The van der Waals surface area contributed by atoms with Gasteiger partial charge in [0.1, 0.15) is 0 Å². The fourth-order valence-electron chi connectivity index (χ4n) is 1.75. The molecule has 2 amide bonds. The van der Waals surface area contributed by atoms with Crippen molar-refractivity contribution in [3.8, 4) is 0 Å². The first-order chi connectivity index (χ1) is 8.96. The van der Waals surface area contributed by atoms with Crippen molar-refractivity contribution < 1.29 is 14.7 Å². The molecule has 1 unspecified atom stereocenters. The van der Waals surface area contributed by atoms with Crippen molar-refractivity contribution in [2.45, 2.75) is 39.2 Å². The maximum atomic E-state index is 11.8. The summed E-state index contributed by atoms with van der Waals surface area (Å²) in [5, 5.41) is 18.3. The quantitative estimate of drug-likeness (QED) is 0.725. The summed E-state index contributed by atoms with van der Waals surface area (Å²) < 4.78 is 1.63. The Morgan fingerprint density at radius 2 is 2.16 bits per heavy atom. The van der Waals surface area contributed by atoms with E-state index in [0.29, 0.717) is 18.5 Å². The summed E-state index contributed by atoms with van der Waals surface area (Å²) in [6.07, 6.45) is 2.91. The van der Waals surface area contributed by atoms with Gasteiger partial charge in [0.05, 0.1) is 17.8 Å². The second kappa shape index (κ2) is 6.77. The van der Waals surface area contributed by atoms with Crippen LogP contribution in [0.15, 0.2) is 6.20 Å². The largest absolute Gasteiger partial charge is 0.481 e. The van der Waals surface area contributed by atoms with E-state index in [0.717, 1.165) is 5.69 Å².